The summed E-state index contributed by atoms with van der Waals surface area (Å²) in [6.45, 7) is 2.88. The van der Waals surface area contributed by atoms with Gasteiger partial charge in [-0.05, 0) is 59.5 Å². The minimum absolute atomic E-state index is 0.306. The van der Waals surface area contributed by atoms with Crippen LogP contribution in [-0.4, -0.2) is 30.6 Å². The lowest BCUT2D eigenvalue weighted by Crippen LogP contribution is -2.05. The second-order valence-electron chi connectivity index (χ2n) is 9.57. The monoisotopic (exact) mass is 500 g/mol. The number of para-hydroxylation sites is 2. The molecule has 4 aromatic carbocycles. The molecule has 0 unspecified atom stereocenters. The van der Waals surface area contributed by atoms with Crippen LogP contribution in [0.2, 0.25) is 0 Å². The van der Waals surface area contributed by atoms with E-state index in [9.17, 15) is 9.90 Å². The van der Waals surface area contributed by atoms with Gasteiger partial charge in [0, 0.05) is 18.5 Å². The second kappa shape index (κ2) is 9.98. The molecule has 6 rings (SSSR count). The largest absolute Gasteiger partial charge is 0.478 e. The molecule has 0 spiro atoms. The summed E-state index contributed by atoms with van der Waals surface area (Å²) < 4.78 is 2.30. The number of aryl methyl sites for hydroxylation is 1. The highest BCUT2D eigenvalue weighted by Gasteiger charge is 2.15. The summed E-state index contributed by atoms with van der Waals surface area (Å²) >= 11 is 0. The van der Waals surface area contributed by atoms with E-state index in [0.717, 1.165) is 75.2 Å². The Morgan fingerprint density at radius 1 is 0.868 bits per heavy atom. The van der Waals surface area contributed by atoms with Crippen LogP contribution in [0.15, 0.2) is 91.0 Å². The van der Waals surface area contributed by atoms with E-state index in [0.29, 0.717) is 12.1 Å². The Morgan fingerprint density at radius 3 is 2.42 bits per heavy atom. The van der Waals surface area contributed by atoms with Crippen LogP contribution >= 0.6 is 0 Å². The average molecular weight is 501 g/mol. The Bertz CT molecular complexity index is 1730. The summed E-state index contributed by atoms with van der Waals surface area (Å²) in [4.78, 5) is 24.9. The van der Waals surface area contributed by atoms with Crippen LogP contribution in [0.5, 0.6) is 0 Å². The number of unbranched alkanes of at least 4 members (excludes halogenated alkanes) is 1. The van der Waals surface area contributed by atoms with Crippen molar-refractivity contribution >= 4 is 28.0 Å². The van der Waals surface area contributed by atoms with Gasteiger partial charge in [-0.2, -0.15) is 0 Å². The van der Waals surface area contributed by atoms with Crippen LogP contribution < -0.4 is 0 Å². The first kappa shape index (κ1) is 23.7. The van der Waals surface area contributed by atoms with Crippen LogP contribution in [0, 0.1) is 0 Å². The van der Waals surface area contributed by atoms with Crippen molar-refractivity contribution in [3.63, 3.8) is 0 Å². The Hall–Kier alpha value is -4.71. The van der Waals surface area contributed by atoms with E-state index < -0.39 is 5.97 Å². The maximum Gasteiger partial charge on any atom is 0.336 e. The highest BCUT2D eigenvalue weighted by Crippen LogP contribution is 2.28. The number of carbonyl (C=O) groups is 1. The van der Waals surface area contributed by atoms with Gasteiger partial charge in [0.05, 0.1) is 27.6 Å². The lowest BCUT2D eigenvalue weighted by atomic mass is 9.99. The predicted octanol–water partition coefficient (Wildman–Crippen LogP) is 7.34. The molecule has 6 nitrogen and oxygen atoms in total. The van der Waals surface area contributed by atoms with Crippen molar-refractivity contribution in [2.45, 2.75) is 32.7 Å². The SMILES string of the molecule is CCCCc1nc2ccc(-c3nc4ccccc4[nH]3)cc2n1Cc1ccc(-c2ccccc2C(=O)O)cc1. The van der Waals surface area contributed by atoms with Crippen molar-refractivity contribution in [3.05, 3.63) is 108 Å². The number of nitrogens with zero attached hydrogens (tertiary/aromatic N) is 3. The second-order valence-corrected chi connectivity index (χ2v) is 9.57. The van der Waals surface area contributed by atoms with Gasteiger partial charge < -0.3 is 14.7 Å². The number of H-pyrrole nitrogens is 1. The van der Waals surface area contributed by atoms with Crippen LogP contribution in [0.3, 0.4) is 0 Å². The van der Waals surface area contributed by atoms with E-state index in [1.54, 1.807) is 12.1 Å². The molecule has 0 fully saturated rings. The number of imidazole rings is 2. The van der Waals surface area contributed by atoms with E-state index in [2.05, 4.69) is 46.8 Å². The van der Waals surface area contributed by atoms with Crippen LogP contribution in [0.4, 0.5) is 0 Å². The molecule has 0 saturated carbocycles. The highest BCUT2D eigenvalue weighted by atomic mass is 16.4. The molecule has 2 heterocycles. The number of hydrogen-bond donors (Lipinski definition) is 2. The molecule has 0 radical (unpaired) electrons. The number of carboxylic acids is 1. The Labute approximate surface area is 220 Å². The Balaban J connectivity index is 1.37. The van der Waals surface area contributed by atoms with Crippen LogP contribution in [-0.2, 0) is 13.0 Å². The highest BCUT2D eigenvalue weighted by molar-refractivity contribution is 5.96. The third-order valence-corrected chi connectivity index (χ3v) is 7.01. The summed E-state index contributed by atoms with van der Waals surface area (Å²) in [5, 5.41) is 9.58. The number of hydrogen-bond acceptors (Lipinski definition) is 3. The van der Waals surface area contributed by atoms with Gasteiger partial charge in [0.15, 0.2) is 0 Å². The number of fused-ring (bicyclic) bond motifs is 2. The number of carboxylic acid groups (broad SMARTS) is 1. The summed E-state index contributed by atoms with van der Waals surface area (Å²) in [6.07, 6.45) is 3.09. The van der Waals surface area contributed by atoms with Crippen LogP contribution in [0.1, 0.15) is 41.5 Å². The molecule has 0 aliphatic carbocycles. The third kappa shape index (κ3) is 4.45. The molecule has 6 aromatic rings. The van der Waals surface area contributed by atoms with Gasteiger partial charge >= 0.3 is 5.97 Å². The number of aromatic amines is 1. The summed E-state index contributed by atoms with van der Waals surface area (Å²) in [7, 11) is 0. The summed E-state index contributed by atoms with van der Waals surface area (Å²) in [5.41, 5.74) is 8.09. The average Bonchev–Trinajstić information content (AvgIpc) is 3.53. The zero-order valence-electron chi connectivity index (χ0n) is 21.2. The standard InChI is InChI=1S/C32H28N4O2/c1-2-3-12-30-33-28-18-17-23(31-34-26-10-6-7-11-27(26)35-31)19-29(28)36(30)20-21-13-15-22(16-14-21)24-8-4-5-9-25(24)32(37)38/h4-11,13-19H,2-3,12,20H2,1H3,(H,34,35)(H,37,38). The van der Waals surface area contributed by atoms with Gasteiger partial charge in [0.2, 0.25) is 0 Å². The van der Waals surface area contributed by atoms with Gasteiger partial charge in [-0.3, -0.25) is 0 Å². The van der Waals surface area contributed by atoms with E-state index in [4.69, 9.17) is 9.97 Å². The van der Waals surface area contributed by atoms with Gasteiger partial charge in [0.25, 0.3) is 0 Å². The fourth-order valence-electron chi connectivity index (χ4n) is 5.01. The van der Waals surface area contributed by atoms with Crippen molar-refractivity contribution in [2.75, 3.05) is 0 Å². The number of rotatable bonds is 8. The van der Waals surface area contributed by atoms with Gasteiger partial charge in [-0.15, -0.1) is 0 Å². The zero-order valence-corrected chi connectivity index (χ0v) is 21.2. The summed E-state index contributed by atoms with van der Waals surface area (Å²) in [6, 6.07) is 29.7. The lowest BCUT2D eigenvalue weighted by Gasteiger charge is -2.11. The first-order valence-electron chi connectivity index (χ1n) is 13.0. The molecular formula is C32H28N4O2. The number of aromatic carboxylic acids is 1. The van der Waals surface area contributed by atoms with E-state index >= 15 is 0 Å². The van der Waals surface area contributed by atoms with Crippen molar-refractivity contribution in [3.8, 4) is 22.5 Å². The smallest absolute Gasteiger partial charge is 0.336 e. The van der Waals surface area contributed by atoms with E-state index in [1.165, 1.54) is 0 Å². The minimum atomic E-state index is -0.921. The maximum absolute atomic E-state index is 11.7. The molecule has 0 aliphatic heterocycles. The molecule has 188 valence electrons. The fourth-order valence-corrected chi connectivity index (χ4v) is 5.01. The Kier molecular flexibility index (Phi) is 6.22. The number of benzene rings is 4. The quantitative estimate of drug-likeness (QED) is 0.229. The molecule has 6 heteroatoms. The molecule has 0 aliphatic rings. The van der Waals surface area contributed by atoms with Crippen molar-refractivity contribution in [2.24, 2.45) is 0 Å². The van der Waals surface area contributed by atoms with Gasteiger partial charge in [-0.1, -0.05) is 67.9 Å². The van der Waals surface area contributed by atoms with Gasteiger partial charge in [0.1, 0.15) is 11.6 Å². The number of nitrogens with one attached hydrogen (secondary N) is 1. The molecule has 0 amide bonds. The molecule has 0 bridgehead atoms. The van der Waals surface area contributed by atoms with Crippen molar-refractivity contribution in [1.29, 1.82) is 0 Å². The Morgan fingerprint density at radius 2 is 1.63 bits per heavy atom. The molecular weight excluding hydrogens is 472 g/mol. The third-order valence-electron chi connectivity index (χ3n) is 7.01. The molecule has 2 aromatic heterocycles. The molecule has 38 heavy (non-hydrogen) atoms. The normalized spacial score (nSPS) is 11.4. The predicted molar refractivity (Wildman–Crippen MR) is 151 cm³/mol. The lowest BCUT2D eigenvalue weighted by molar-refractivity contribution is 0.0697. The first-order chi connectivity index (χ1) is 18.6. The number of aromatic nitrogens is 4. The topological polar surface area (TPSA) is 83.8 Å². The van der Waals surface area contributed by atoms with Crippen LogP contribution in [0.25, 0.3) is 44.6 Å². The van der Waals surface area contributed by atoms with Crippen molar-refractivity contribution < 1.29 is 9.90 Å². The molecule has 2 N–H and O–H groups in total. The zero-order chi connectivity index (χ0) is 26.1. The molecule has 0 saturated heterocycles. The molecule has 0 atom stereocenters. The summed E-state index contributed by atoms with van der Waals surface area (Å²) in [5.74, 6) is 0.997. The fraction of sp³-hybridized carbons (Fsp3) is 0.156. The minimum Gasteiger partial charge on any atom is -0.478 e. The maximum atomic E-state index is 11.7. The first-order valence-corrected chi connectivity index (χ1v) is 13.0. The van der Waals surface area contributed by atoms with E-state index in [1.807, 2.05) is 48.5 Å². The van der Waals surface area contributed by atoms with E-state index in [-0.39, 0.29) is 0 Å². The van der Waals surface area contributed by atoms with Gasteiger partial charge in [-0.25, -0.2) is 14.8 Å². The van der Waals surface area contributed by atoms with Crippen molar-refractivity contribution in [1.82, 2.24) is 19.5 Å².